The van der Waals surface area contributed by atoms with Crippen molar-refractivity contribution in [2.75, 3.05) is 6.61 Å². The van der Waals surface area contributed by atoms with Crippen molar-refractivity contribution in [3.63, 3.8) is 0 Å². The van der Waals surface area contributed by atoms with Crippen LogP contribution in [0.4, 0.5) is 4.39 Å². The molecule has 4 heteroatoms. The summed E-state index contributed by atoms with van der Waals surface area (Å²) in [6.07, 6.45) is 2.79. The topological polar surface area (TPSA) is 30.5 Å². The van der Waals surface area contributed by atoms with Crippen LogP contribution in [0.3, 0.4) is 0 Å². The molecule has 0 amide bonds. The van der Waals surface area contributed by atoms with Gasteiger partial charge in [0, 0.05) is 11.5 Å². The zero-order chi connectivity index (χ0) is 16.4. The van der Waals surface area contributed by atoms with Crippen molar-refractivity contribution in [3.8, 4) is 0 Å². The number of halogens is 1. The van der Waals surface area contributed by atoms with Gasteiger partial charge in [-0.25, -0.2) is 4.39 Å². The maximum Gasteiger partial charge on any atom is 0.128 e. The summed E-state index contributed by atoms with van der Waals surface area (Å²) >= 11 is 0. The monoisotopic (exact) mass is 327 g/mol. The van der Waals surface area contributed by atoms with Crippen molar-refractivity contribution in [1.82, 2.24) is 5.48 Å². The fourth-order valence-corrected chi connectivity index (χ4v) is 4.02. The van der Waals surface area contributed by atoms with E-state index in [1.165, 1.54) is 11.6 Å². The Morgan fingerprint density at radius 1 is 1.12 bits per heavy atom. The van der Waals surface area contributed by atoms with Gasteiger partial charge in [0.25, 0.3) is 0 Å². The second-order valence-electron chi connectivity index (χ2n) is 6.75. The fourth-order valence-electron chi connectivity index (χ4n) is 4.02. The third-order valence-electron chi connectivity index (χ3n) is 5.33. The largest absolute Gasteiger partial charge is 0.374 e. The van der Waals surface area contributed by atoms with Crippen molar-refractivity contribution in [3.05, 3.63) is 71.5 Å². The molecule has 1 saturated carbocycles. The molecule has 3 atom stereocenters. The number of hydroxylamine groups is 1. The molecule has 1 unspecified atom stereocenters. The summed E-state index contributed by atoms with van der Waals surface area (Å²) < 4.78 is 20.5. The van der Waals surface area contributed by atoms with E-state index < -0.39 is 5.54 Å². The molecule has 24 heavy (non-hydrogen) atoms. The second kappa shape index (κ2) is 6.63. The van der Waals surface area contributed by atoms with Gasteiger partial charge in [-0.3, -0.25) is 0 Å². The average molecular weight is 327 g/mol. The standard InChI is InChI=1S/C20H22FNO2/c21-19-9-5-4-8-18(19)20-11-10-17(12-16(20)14-24-22-20)23-13-15-6-2-1-3-7-15/h1-9,16-17,22H,10-14H2/t16-,17?,20-/m0/s1. The van der Waals surface area contributed by atoms with Gasteiger partial charge in [0.15, 0.2) is 0 Å². The minimum absolute atomic E-state index is 0.163. The minimum Gasteiger partial charge on any atom is -0.374 e. The Balaban J connectivity index is 1.46. The van der Waals surface area contributed by atoms with Crippen LogP contribution in [0.15, 0.2) is 54.6 Å². The van der Waals surface area contributed by atoms with Crippen molar-refractivity contribution in [2.24, 2.45) is 5.92 Å². The average Bonchev–Trinajstić information content (AvgIpc) is 3.05. The van der Waals surface area contributed by atoms with E-state index in [1.54, 1.807) is 6.07 Å². The van der Waals surface area contributed by atoms with Crippen LogP contribution in [0.1, 0.15) is 30.4 Å². The first-order valence-corrected chi connectivity index (χ1v) is 8.57. The lowest BCUT2D eigenvalue weighted by Gasteiger charge is -2.41. The highest BCUT2D eigenvalue weighted by Gasteiger charge is 2.50. The number of nitrogens with one attached hydrogen (secondary N) is 1. The number of ether oxygens (including phenoxy) is 1. The molecule has 3 nitrogen and oxygen atoms in total. The van der Waals surface area contributed by atoms with Crippen molar-refractivity contribution >= 4 is 0 Å². The summed E-state index contributed by atoms with van der Waals surface area (Å²) in [6.45, 7) is 1.22. The van der Waals surface area contributed by atoms with E-state index in [2.05, 4.69) is 17.6 Å². The van der Waals surface area contributed by atoms with Gasteiger partial charge in [0.1, 0.15) is 5.82 Å². The van der Waals surface area contributed by atoms with Gasteiger partial charge >= 0.3 is 0 Å². The van der Waals surface area contributed by atoms with Crippen LogP contribution in [-0.2, 0) is 21.7 Å². The van der Waals surface area contributed by atoms with Gasteiger partial charge in [-0.05, 0) is 30.9 Å². The van der Waals surface area contributed by atoms with Crippen LogP contribution in [0.2, 0.25) is 0 Å². The van der Waals surface area contributed by atoms with Gasteiger partial charge in [0.05, 0.1) is 24.9 Å². The van der Waals surface area contributed by atoms with Crippen LogP contribution in [0.5, 0.6) is 0 Å². The van der Waals surface area contributed by atoms with Crippen LogP contribution in [-0.4, -0.2) is 12.7 Å². The molecule has 0 bridgehead atoms. The van der Waals surface area contributed by atoms with E-state index in [9.17, 15) is 4.39 Å². The summed E-state index contributed by atoms with van der Waals surface area (Å²) in [5.41, 5.74) is 4.61. The highest BCUT2D eigenvalue weighted by atomic mass is 19.1. The first-order valence-electron chi connectivity index (χ1n) is 8.57. The third kappa shape index (κ3) is 2.86. The zero-order valence-electron chi connectivity index (χ0n) is 13.6. The maximum atomic E-state index is 14.3. The lowest BCUT2D eigenvalue weighted by atomic mass is 9.69. The molecule has 0 radical (unpaired) electrons. The fraction of sp³-hybridized carbons (Fsp3) is 0.400. The van der Waals surface area contributed by atoms with Gasteiger partial charge < -0.3 is 9.57 Å². The van der Waals surface area contributed by atoms with E-state index in [4.69, 9.17) is 9.57 Å². The second-order valence-corrected chi connectivity index (χ2v) is 6.75. The molecule has 0 spiro atoms. The summed E-state index contributed by atoms with van der Waals surface area (Å²) in [5.74, 6) is 0.0630. The highest BCUT2D eigenvalue weighted by molar-refractivity contribution is 5.29. The van der Waals surface area contributed by atoms with E-state index in [-0.39, 0.29) is 17.8 Å². The molecule has 1 heterocycles. The van der Waals surface area contributed by atoms with Gasteiger partial charge in [-0.1, -0.05) is 48.5 Å². The molecule has 2 fully saturated rings. The van der Waals surface area contributed by atoms with Crippen LogP contribution in [0, 0.1) is 11.7 Å². The molecule has 2 aliphatic rings. The van der Waals surface area contributed by atoms with Gasteiger partial charge in [0.2, 0.25) is 0 Å². The summed E-state index contributed by atoms with van der Waals surface area (Å²) in [7, 11) is 0. The summed E-state index contributed by atoms with van der Waals surface area (Å²) in [6, 6.07) is 17.2. The van der Waals surface area contributed by atoms with E-state index >= 15 is 0 Å². The molecular formula is C20H22FNO2. The lowest BCUT2D eigenvalue weighted by Crippen LogP contribution is -2.47. The Bertz CT molecular complexity index is 693. The maximum absolute atomic E-state index is 14.3. The first-order chi connectivity index (χ1) is 11.8. The number of rotatable bonds is 4. The number of hydrogen-bond donors (Lipinski definition) is 1. The molecule has 1 saturated heterocycles. The quantitative estimate of drug-likeness (QED) is 0.922. The Kier molecular flexibility index (Phi) is 4.35. The van der Waals surface area contributed by atoms with Crippen LogP contribution in [0.25, 0.3) is 0 Å². The third-order valence-corrected chi connectivity index (χ3v) is 5.33. The predicted octanol–water partition coefficient (Wildman–Crippen LogP) is 3.94. The van der Waals surface area contributed by atoms with E-state index in [0.717, 1.165) is 19.3 Å². The molecule has 126 valence electrons. The smallest absolute Gasteiger partial charge is 0.128 e. The van der Waals surface area contributed by atoms with Crippen LogP contribution >= 0.6 is 0 Å². The number of hydrogen-bond acceptors (Lipinski definition) is 3. The first kappa shape index (κ1) is 15.8. The Hall–Kier alpha value is -1.75. The molecular weight excluding hydrogens is 305 g/mol. The minimum atomic E-state index is -0.419. The van der Waals surface area contributed by atoms with E-state index in [0.29, 0.717) is 18.8 Å². The van der Waals surface area contributed by atoms with Crippen molar-refractivity contribution in [1.29, 1.82) is 0 Å². The molecule has 1 aliphatic carbocycles. The predicted molar refractivity (Wildman–Crippen MR) is 89.5 cm³/mol. The van der Waals surface area contributed by atoms with Gasteiger partial charge in [-0.15, -0.1) is 0 Å². The highest BCUT2D eigenvalue weighted by Crippen LogP contribution is 2.46. The molecule has 2 aromatic carbocycles. The Morgan fingerprint density at radius 3 is 2.75 bits per heavy atom. The molecule has 4 rings (SSSR count). The van der Waals surface area contributed by atoms with Gasteiger partial charge in [-0.2, -0.15) is 5.48 Å². The Labute approximate surface area is 141 Å². The number of fused-ring (bicyclic) bond motifs is 1. The molecule has 1 N–H and O–H groups in total. The Morgan fingerprint density at radius 2 is 1.92 bits per heavy atom. The van der Waals surface area contributed by atoms with E-state index in [1.807, 2.05) is 30.3 Å². The summed E-state index contributed by atoms with van der Waals surface area (Å²) in [5, 5.41) is 0. The molecule has 0 aromatic heterocycles. The normalized spacial score (nSPS) is 29.4. The van der Waals surface area contributed by atoms with Crippen molar-refractivity contribution < 1.29 is 14.0 Å². The molecule has 1 aliphatic heterocycles. The zero-order valence-corrected chi connectivity index (χ0v) is 13.6. The SMILES string of the molecule is Fc1ccccc1[C@]12CCC(OCc3ccccc3)C[C@H]1CON2. The number of benzene rings is 2. The van der Waals surface area contributed by atoms with Crippen LogP contribution < -0.4 is 5.48 Å². The van der Waals surface area contributed by atoms with Crippen molar-refractivity contribution in [2.45, 2.75) is 37.5 Å². The summed E-state index contributed by atoms with van der Waals surface area (Å²) in [4.78, 5) is 5.54. The lowest BCUT2D eigenvalue weighted by molar-refractivity contribution is -0.0204. The molecule has 2 aromatic rings.